The topological polar surface area (TPSA) is 70.3 Å². The lowest BCUT2D eigenvalue weighted by Gasteiger charge is -2.19. The fourth-order valence-electron chi connectivity index (χ4n) is 3.67. The molecule has 1 heterocycles. The van der Waals surface area contributed by atoms with E-state index in [4.69, 9.17) is 4.98 Å². The number of hydrogen-bond donors (Lipinski definition) is 0. The Kier molecular flexibility index (Phi) is 5.50. The van der Waals surface area contributed by atoms with Crippen LogP contribution in [0.3, 0.4) is 0 Å². The van der Waals surface area contributed by atoms with Crippen LogP contribution < -0.4 is 5.56 Å². The smallest absolute Gasteiger partial charge is 0.261 e. The Balaban J connectivity index is 2.23. The van der Waals surface area contributed by atoms with Gasteiger partial charge in [0.15, 0.2) is 0 Å². The largest absolute Gasteiger partial charge is 0.591 e. The van der Waals surface area contributed by atoms with Gasteiger partial charge in [-0.05, 0) is 65.2 Å². The zero-order chi connectivity index (χ0) is 19.9. The Morgan fingerprint density at radius 2 is 1.93 bits per heavy atom. The van der Waals surface area contributed by atoms with E-state index in [1.165, 1.54) is 12.8 Å². The van der Waals surface area contributed by atoms with Crippen LogP contribution in [0.1, 0.15) is 76.2 Å². The normalized spacial score (nSPS) is 17.7. The lowest BCUT2D eigenvalue weighted by molar-refractivity contribution is 0.561. The van der Waals surface area contributed by atoms with Gasteiger partial charge in [0.1, 0.15) is 21.9 Å². The van der Waals surface area contributed by atoms with Crippen LogP contribution in [0.2, 0.25) is 0 Å². The maximum Gasteiger partial charge on any atom is 0.261 e. The minimum Gasteiger partial charge on any atom is -0.591 e. The molecule has 3 rings (SSSR count). The van der Waals surface area contributed by atoms with Crippen LogP contribution >= 0.6 is 0 Å². The summed E-state index contributed by atoms with van der Waals surface area (Å²) in [6.07, 6.45) is 4.52. The lowest BCUT2D eigenvalue weighted by Crippen LogP contribution is -2.27. The fourth-order valence-corrected chi connectivity index (χ4v) is 4.29. The van der Waals surface area contributed by atoms with Crippen LogP contribution in [0.15, 0.2) is 21.3 Å². The standard InChI is InChI=1S/C21H29N3O2S/c1-13-11-16(14(2)23-27(26)21(3,4)5)18-17(12-13)20(25)24(6)19(22-18)15-9-7-8-10-15/h11-12,15H,7-10H2,1-6H3. The van der Waals surface area contributed by atoms with E-state index in [1.807, 2.05) is 53.8 Å². The Labute approximate surface area is 164 Å². The van der Waals surface area contributed by atoms with Gasteiger partial charge in [0, 0.05) is 18.5 Å². The number of rotatable bonds is 3. The van der Waals surface area contributed by atoms with Crippen molar-refractivity contribution in [2.24, 2.45) is 11.4 Å². The molecule has 0 N–H and O–H groups in total. The Morgan fingerprint density at radius 1 is 1.30 bits per heavy atom. The predicted molar refractivity (Wildman–Crippen MR) is 113 cm³/mol. The summed E-state index contributed by atoms with van der Waals surface area (Å²) < 4.78 is 18.2. The van der Waals surface area contributed by atoms with Crippen LogP contribution in [0, 0.1) is 6.92 Å². The highest BCUT2D eigenvalue weighted by Gasteiger charge is 2.28. The molecule has 5 nitrogen and oxygen atoms in total. The van der Waals surface area contributed by atoms with Gasteiger partial charge in [-0.15, -0.1) is 0 Å². The number of aromatic nitrogens is 2. The molecule has 1 aromatic heterocycles. The molecule has 1 saturated carbocycles. The number of fused-ring (bicyclic) bond motifs is 1. The zero-order valence-corrected chi connectivity index (χ0v) is 17.9. The van der Waals surface area contributed by atoms with E-state index in [1.54, 1.807) is 4.57 Å². The van der Waals surface area contributed by atoms with Crippen molar-refractivity contribution in [2.45, 2.75) is 71.0 Å². The molecule has 0 radical (unpaired) electrons. The third-order valence-corrected chi connectivity index (χ3v) is 6.70. The van der Waals surface area contributed by atoms with Crippen LogP contribution in [-0.4, -0.2) is 24.6 Å². The molecule has 1 unspecified atom stereocenters. The van der Waals surface area contributed by atoms with Crippen LogP contribution in [-0.2, 0) is 18.4 Å². The minimum atomic E-state index is -1.36. The van der Waals surface area contributed by atoms with Gasteiger partial charge in [0.05, 0.1) is 16.6 Å². The highest BCUT2D eigenvalue weighted by atomic mass is 32.2. The van der Waals surface area contributed by atoms with Crippen molar-refractivity contribution in [1.29, 1.82) is 0 Å². The summed E-state index contributed by atoms with van der Waals surface area (Å²) in [7, 11) is 1.82. The first kappa shape index (κ1) is 20.1. The summed E-state index contributed by atoms with van der Waals surface area (Å²) in [5.41, 5.74) is 3.10. The highest BCUT2D eigenvalue weighted by molar-refractivity contribution is 7.91. The maximum atomic E-state index is 13.0. The van der Waals surface area contributed by atoms with E-state index in [0.29, 0.717) is 22.5 Å². The highest BCUT2D eigenvalue weighted by Crippen LogP contribution is 2.33. The SMILES string of the molecule is CC(=N[S+]([O-])C(C)(C)C)c1cc(C)cc2c(=O)n(C)c(C3CCCC3)nc12. The molecular formula is C21H29N3O2S. The number of aryl methyl sites for hydroxylation is 1. The van der Waals surface area contributed by atoms with E-state index < -0.39 is 16.1 Å². The third kappa shape index (κ3) is 3.97. The molecule has 1 fully saturated rings. The van der Waals surface area contributed by atoms with Gasteiger partial charge in [-0.25, -0.2) is 4.98 Å². The molecule has 1 aliphatic carbocycles. The van der Waals surface area contributed by atoms with Crippen molar-refractivity contribution in [3.8, 4) is 0 Å². The number of nitrogens with zero attached hydrogens (tertiary/aromatic N) is 3. The molecule has 0 aliphatic heterocycles. The molecule has 146 valence electrons. The maximum absolute atomic E-state index is 13.0. The van der Waals surface area contributed by atoms with Crippen LogP contribution in [0.25, 0.3) is 10.9 Å². The predicted octanol–water partition coefficient (Wildman–Crippen LogP) is 4.17. The van der Waals surface area contributed by atoms with E-state index in [2.05, 4.69) is 4.40 Å². The van der Waals surface area contributed by atoms with Gasteiger partial charge in [-0.2, -0.15) is 0 Å². The molecule has 0 amide bonds. The summed E-state index contributed by atoms with van der Waals surface area (Å²) in [5, 5.41) is 0.602. The summed E-state index contributed by atoms with van der Waals surface area (Å²) in [5.74, 6) is 1.20. The number of hydrogen-bond acceptors (Lipinski definition) is 4. The Bertz CT molecular complexity index is 951. The van der Waals surface area contributed by atoms with Gasteiger partial charge in [-0.1, -0.05) is 17.2 Å². The quantitative estimate of drug-likeness (QED) is 0.586. The first-order valence-electron chi connectivity index (χ1n) is 9.58. The van der Waals surface area contributed by atoms with Gasteiger partial charge < -0.3 is 4.55 Å². The minimum absolute atomic E-state index is 0.0170. The third-order valence-electron chi connectivity index (χ3n) is 5.21. The van der Waals surface area contributed by atoms with Crippen molar-refractivity contribution >= 4 is 28.0 Å². The van der Waals surface area contributed by atoms with Gasteiger partial charge in [-0.3, -0.25) is 9.36 Å². The first-order chi connectivity index (χ1) is 12.6. The molecule has 2 aromatic rings. The van der Waals surface area contributed by atoms with Crippen molar-refractivity contribution < 1.29 is 4.55 Å². The van der Waals surface area contributed by atoms with Gasteiger partial charge >= 0.3 is 0 Å². The average Bonchev–Trinajstić information content (AvgIpc) is 3.11. The van der Waals surface area contributed by atoms with Crippen LogP contribution in [0.4, 0.5) is 0 Å². The molecule has 0 bridgehead atoms. The molecular weight excluding hydrogens is 358 g/mol. The molecule has 1 atom stereocenters. The molecule has 1 aromatic carbocycles. The summed E-state index contributed by atoms with van der Waals surface area (Å²) >= 11 is -1.36. The van der Waals surface area contributed by atoms with E-state index in [0.717, 1.165) is 29.8 Å². The molecule has 1 aliphatic rings. The molecule has 0 saturated heterocycles. The van der Waals surface area contributed by atoms with Gasteiger partial charge in [0.2, 0.25) is 0 Å². The van der Waals surface area contributed by atoms with Crippen molar-refractivity contribution in [3.63, 3.8) is 0 Å². The van der Waals surface area contributed by atoms with E-state index >= 15 is 0 Å². The summed E-state index contributed by atoms with van der Waals surface area (Å²) in [6.45, 7) is 9.52. The average molecular weight is 388 g/mol. The zero-order valence-electron chi connectivity index (χ0n) is 17.1. The van der Waals surface area contributed by atoms with Crippen molar-refractivity contribution in [3.05, 3.63) is 39.4 Å². The molecule has 6 heteroatoms. The first-order valence-corrected chi connectivity index (χ1v) is 10.7. The van der Waals surface area contributed by atoms with Crippen molar-refractivity contribution in [1.82, 2.24) is 9.55 Å². The second kappa shape index (κ2) is 7.40. The molecule has 27 heavy (non-hydrogen) atoms. The number of benzene rings is 1. The van der Waals surface area contributed by atoms with E-state index in [9.17, 15) is 9.35 Å². The fraction of sp³-hybridized carbons (Fsp3) is 0.571. The summed E-state index contributed by atoms with van der Waals surface area (Å²) in [6, 6.07) is 3.88. The van der Waals surface area contributed by atoms with E-state index in [-0.39, 0.29) is 5.56 Å². The van der Waals surface area contributed by atoms with Gasteiger partial charge in [0.25, 0.3) is 5.56 Å². The monoisotopic (exact) mass is 387 g/mol. The Hall–Kier alpha value is -1.66. The summed E-state index contributed by atoms with van der Waals surface area (Å²) in [4.78, 5) is 18.0. The Morgan fingerprint density at radius 3 is 2.52 bits per heavy atom. The second-order valence-electron chi connectivity index (χ2n) is 8.56. The lowest BCUT2D eigenvalue weighted by atomic mass is 10.0. The molecule has 0 spiro atoms. The second-order valence-corrected chi connectivity index (χ2v) is 10.5. The van der Waals surface area contributed by atoms with Crippen molar-refractivity contribution in [2.75, 3.05) is 0 Å². The van der Waals surface area contributed by atoms with Crippen LogP contribution in [0.5, 0.6) is 0 Å².